The third kappa shape index (κ3) is 8.06. The van der Waals surface area contributed by atoms with Crippen LogP contribution in [-0.4, -0.2) is 82.3 Å². The zero-order valence-corrected chi connectivity index (χ0v) is 19.1. The van der Waals surface area contributed by atoms with E-state index in [-0.39, 0.29) is 24.6 Å². The Morgan fingerprint density at radius 1 is 1.24 bits per heavy atom. The molecule has 13 nitrogen and oxygen atoms in total. The topological polar surface area (TPSA) is 197 Å². The Bertz CT molecular complexity index is 895. The van der Waals surface area contributed by atoms with Gasteiger partial charge in [0.15, 0.2) is 0 Å². The van der Waals surface area contributed by atoms with Crippen molar-refractivity contribution in [3.63, 3.8) is 0 Å². The predicted molar refractivity (Wildman–Crippen MR) is 114 cm³/mol. The number of ether oxygens (including phenoxy) is 1. The van der Waals surface area contributed by atoms with Gasteiger partial charge in [-0.3, -0.25) is 24.2 Å². The summed E-state index contributed by atoms with van der Waals surface area (Å²) in [6.45, 7) is 2.48. The van der Waals surface area contributed by atoms with Gasteiger partial charge in [-0.15, -0.1) is 0 Å². The van der Waals surface area contributed by atoms with E-state index in [1.54, 1.807) is 0 Å². The van der Waals surface area contributed by atoms with E-state index in [1.165, 1.54) is 23.5 Å². The maximum Gasteiger partial charge on any atom is 0.271 e. The summed E-state index contributed by atoms with van der Waals surface area (Å²) in [6.07, 6.45) is 4.79. The van der Waals surface area contributed by atoms with E-state index in [0.29, 0.717) is 12.8 Å². The normalized spacial score (nSPS) is 18.7. The Morgan fingerprint density at radius 3 is 2.56 bits per heavy atom. The Morgan fingerprint density at radius 2 is 1.97 bits per heavy atom. The third-order valence-corrected chi connectivity index (χ3v) is 5.17. The average molecular weight is 477 g/mol. The maximum absolute atomic E-state index is 13.1. The van der Waals surface area contributed by atoms with Crippen molar-refractivity contribution < 1.29 is 33.8 Å². The zero-order valence-electron chi connectivity index (χ0n) is 19.1. The van der Waals surface area contributed by atoms with Crippen LogP contribution in [0.5, 0.6) is 0 Å². The summed E-state index contributed by atoms with van der Waals surface area (Å²) in [5.41, 5.74) is 5.52. The molecule has 1 aliphatic heterocycles. The summed E-state index contributed by atoms with van der Waals surface area (Å²) in [7, 11) is 0. The molecule has 1 fully saturated rings. The number of rotatable bonds is 11. The fraction of sp³-hybridized carbons (Fsp3) is 0.571. The fourth-order valence-electron chi connectivity index (χ4n) is 3.61. The lowest BCUT2D eigenvalue weighted by Gasteiger charge is -2.39. The van der Waals surface area contributed by atoms with Crippen molar-refractivity contribution in [2.24, 2.45) is 11.7 Å². The number of carbonyl (C=O) groups is 5. The smallest absolute Gasteiger partial charge is 0.271 e. The highest BCUT2D eigenvalue weighted by Crippen LogP contribution is 2.20. The van der Waals surface area contributed by atoms with Crippen LogP contribution in [0.25, 0.3) is 0 Å². The Kier molecular flexibility index (Phi) is 9.86. The molecular formula is C21H29N6O7-. The first-order chi connectivity index (χ1) is 16.1. The molecule has 0 unspecified atom stereocenters. The monoisotopic (exact) mass is 477 g/mol. The van der Waals surface area contributed by atoms with Crippen molar-refractivity contribution in [2.45, 2.75) is 51.2 Å². The van der Waals surface area contributed by atoms with E-state index in [1.807, 2.05) is 13.8 Å². The Hall–Kier alpha value is -3.61. The molecule has 0 aromatic carbocycles. The average Bonchev–Trinajstić information content (AvgIpc) is 2.78. The van der Waals surface area contributed by atoms with E-state index in [2.05, 4.69) is 20.6 Å². The van der Waals surface area contributed by atoms with Gasteiger partial charge in [-0.05, 0) is 25.2 Å². The molecule has 0 aliphatic carbocycles. The molecule has 34 heavy (non-hydrogen) atoms. The molecular weight excluding hydrogens is 448 g/mol. The van der Waals surface area contributed by atoms with Crippen molar-refractivity contribution in [3.05, 3.63) is 24.3 Å². The van der Waals surface area contributed by atoms with E-state index in [4.69, 9.17) is 10.5 Å². The van der Waals surface area contributed by atoms with Crippen LogP contribution in [0.2, 0.25) is 0 Å². The van der Waals surface area contributed by atoms with Gasteiger partial charge in [0, 0.05) is 25.0 Å². The molecule has 4 amide bonds. The number of primary amides is 1. The van der Waals surface area contributed by atoms with Gasteiger partial charge in [-0.2, -0.15) is 0 Å². The Balaban J connectivity index is 2.14. The molecule has 2 rings (SSSR count). The molecule has 1 aliphatic rings. The number of nitrogens with one attached hydrogen (secondary N) is 2. The minimum Gasteiger partial charge on any atom is -0.548 e. The quantitative estimate of drug-likeness (QED) is 0.305. The highest BCUT2D eigenvalue weighted by atomic mass is 16.5. The molecule has 3 atom stereocenters. The summed E-state index contributed by atoms with van der Waals surface area (Å²) in [5, 5.41) is 15.9. The summed E-state index contributed by atoms with van der Waals surface area (Å²) in [4.78, 5) is 69.6. The molecule has 4 N–H and O–H groups in total. The molecule has 1 saturated heterocycles. The first kappa shape index (κ1) is 26.6. The minimum atomic E-state index is -1.48. The van der Waals surface area contributed by atoms with Gasteiger partial charge in [0.2, 0.25) is 17.7 Å². The number of carboxylic acid groups (broad SMARTS) is 1. The predicted octanol–water partition coefficient (Wildman–Crippen LogP) is -2.65. The summed E-state index contributed by atoms with van der Waals surface area (Å²) >= 11 is 0. The van der Waals surface area contributed by atoms with Crippen molar-refractivity contribution >= 4 is 29.6 Å². The first-order valence-electron chi connectivity index (χ1n) is 10.8. The minimum absolute atomic E-state index is 0.0528. The number of carboxylic acids is 1. The van der Waals surface area contributed by atoms with Crippen LogP contribution < -0.4 is 21.5 Å². The second kappa shape index (κ2) is 12.6. The molecule has 2 heterocycles. The number of amides is 4. The maximum atomic E-state index is 13.1. The molecule has 0 spiro atoms. The molecule has 1 aromatic heterocycles. The van der Waals surface area contributed by atoms with Crippen LogP contribution in [-0.2, 0) is 23.9 Å². The second-order valence-corrected chi connectivity index (χ2v) is 8.35. The number of aromatic nitrogens is 2. The number of nitrogens with two attached hydrogens (primary N) is 1. The third-order valence-electron chi connectivity index (χ3n) is 5.17. The van der Waals surface area contributed by atoms with E-state index in [9.17, 15) is 29.1 Å². The molecule has 186 valence electrons. The summed E-state index contributed by atoms with van der Waals surface area (Å²) < 4.78 is 4.82. The molecule has 13 heteroatoms. The number of likely N-dealkylation sites (tertiary alicyclic amines) is 1. The summed E-state index contributed by atoms with van der Waals surface area (Å²) in [6, 6.07) is -2.46. The highest BCUT2D eigenvalue weighted by molar-refractivity contribution is 5.93. The van der Waals surface area contributed by atoms with Crippen molar-refractivity contribution in [1.29, 1.82) is 0 Å². The number of nitrogens with zero attached hydrogens (tertiary/aromatic N) is 3. The van der Waals surface area contributed by atoms with Crippen molar-refractivity contribution in [1.82, 2.24) is 25.5 Å². The highest BCUT2D eigenvalue weighted by Gasteiger charge is 2.38. The zero-order chi connectivity index (χ0) is 25.3. The lowest BCUT2D eigenvalue weighted by Crippen LogP contribution is -2.60. The second-order valence-electron chi connectivity index (χ2n) is 8.35. The molecule has 0 saturated carbocycles. The van der Waals surface area contributed by atoms with Crippen LogP contribution in [0.3, 0.4) is 0 Å². The van der Waals surface area contributed by atoms with E-state index < -0.39 is 60.9 Å². The number of aliphatic carboxylic acids is 1. The van der Waals surface area contributed by atoms with Gasteiger partial charge < -0.3 is 35.9 Å². The number of hydrogen-bond acceptors (Lipinski definition) is 9. The van der Waals surface area contributed by atoms with Gasteiger partial charge >= 0.3 is 0 Å². The van der Waals surface area contributed by atoms with Gasteiger partial charge in [-0.1, -0.05) is 13.8 Å². The number of hydrogen-bond donors (Lipinski definition) is 3. The lowest BCUT2D eigenvalue weighted by atomic mass is 9.95. The van der Waals surface area contributed by atoms with Crippen molar-refractivity contribution in [2.75, 3.05) is 19.8 Å². The van der Waals surface area contributed by atoms with Crippen LogP contribution in [0, 0.1) is 5.92 Å². The van der Waals surface area contributed by atoms with E-state index >= 15 is 0 Å². The molecule has 0 bridgehead atoms. The molecule has 1 aromatic rings. The van der Waals surface area contributed by atoms with Crippen LogP contribution in [0.15, 0.2) is 18.6 Å². The number of carbonyl (C=O) groups excluding carboxylic acids is 5. The SMILES string of the molecule is CC(C)C[C@@H](NC(=O)[C@@H]1C[C@@H](NC(=O)c2cnccn2)CCN1C(=O)COCC(=O)[O-])C(N)=O. The molecule has 0 radical (unpaired) electrons. The largest absolute Gasteiger partial charge is 0.548 e. The van der Waals surface area contributed by atoms with Crippen molar-refractivity contribution in [3.8, 4) is 0 Å². The van der Waals surface area contributed by atoms with Crippen LogP contribution >= 0.6 is 0 Å². The van der Waals surface area contributed by atoms with Gasteiger partial charge in [0.1, 0.15) is 24.4 Å². The summed E-state index contributed by atoms with van der Waals surface area (Å²) in [5.74, 6) is -3.83. The van der Waals surface area contributed by atoms with Gasteiger partial charge in [0.05, 0.1) is 18.8 Å². The van der Waals surface area contributed by atoms with Gasteiger partial charge in [-0.25, -0.2) is 4.98 Å². The Labute approximate surface area is 196 Å². The lowest BCUT2D eigenvalue weighted by molar-refractivity contribution is -0.309. The van der Waals surface area contributed by atoms with E-state index in [0.717, 1.165) is 0 Å². The van der Waals surface area contributed by atoms with Gasteiger partial charge in [0.25, 0.3) is 5.91 Å². The standard InChI is InChI=1S/C21H30N6O7/c1-12(2)7-14(19(22)31)26-21(33)16-8-13(25-20(32)15-9-23-4-5-24-15)3-6-27(16)17(28)10-34-11-18(29)30/h4-5,9,12-14,16H,3,6-8,10-11H2,1-2H3,(H2,22,31)(H,25,32)(H,26,33)(H,29,30)/p-1/t13-,14+,16-/m0/s1. The van der Waals surface area contributed by atoms with Crippen LogP contribution in [0.4, 0.5) is 0 Å². The fourth-order valence-corrected chi connectivity index (χ4v) is 3.61. The first-order valence-corrected chi connectivity index (χ1v) is 10.8. The number of piperidine rings is 1. The van der Waals surface area contributed by atoms with Crippen LogP contribution in [0.1, 0.15) is 43.6 Å².